The first-order valence-corrected chi connectivity index (χ1v) is 8.07. The van der Waals surface area contributed by atoms with Crippen molar-refractivity contribution in [2.75, 3.05) is 5.75 Å². The maximum Gasteiger partial charge on any atom is 0.175 e. The topological polar surface area (TPSA) is 17.1 Å². The van der Waals surface area contributed by atoms with Gasteiger partial charge in [0.05, 0.1) is 5.25 Å². The van der Waals surface area contributed by atoms with Crippen molar-refractivity contribution in [1.82, 2.24) is 0 Å². The number of hydrogen-bond donors (Lipinski definition) is 0. The summed E-state index contributed by atoms with van der Waals surface area (Å²) in [5.74, 6) is 2.32. The van der Waals surface area contributed by atoms with Gasteiger partial charge in [0, 0.05) is 5.56 Å². The fraction of sp³-hybridized carbons (Fsp3) is 0.562. The van der Waals surface area contributed by atoms with Gasteiger partial charge in [0.15, 0.2) is 5.78 Å². The summed E-state index contributed by atoms with van der Waals surface area (Å²) in [5.41, 5.74) is 0.864. The van der Waals surface area contributed by atoms with Crippen LogP contribution in [0.15, 0.2) is 30.3 Å². The van der Waals surface area contributed by atoms with Crippen LogP contribution in [0.4, 0.5) is 0 Å². The molecule has 2 rings (SSSR count). The van der Waals surface area contributed by atoms with Crippen molar-refractivity contribution in [3.8, 4) is 0 Å². The van der Waals surface area contributed by atoms with E-state index in [0.29, 0.717) is 5.78 Å². The van der Waals surface area contributed by atoms with Gasteiger partial charge in [0.2, 0.25) is 0 Å². The maximum atomic E-state index is 12.4. The highest BCUT2D eigenvalue weighted by atomic mass is 32.2. The van der Waals surface area contributed by atoms with Gasteiger partial charge in [-0.25, -0.2) is 0 Å². The van der Waals surface area contributed by atoms with E-state index in [1.807, 2.05) is 42.1 Å². The van der Waals surface area contributed by atoms with Gasteiger partial charge in [-0.15, -0.1) is 11.8 Å². The first-order valence-electron chi connectivity index (χ1n) is 7.02. The predicted octanol–water partition coefficient (Wildman–Crippen LogP) is 4.57. The van der Waals surface area contributed by atoms with E-state index in [4.69, 9.17) is 0 Å². The van der Waals surface area contributed by atoms with Crippen molar-refractivity contribution in [2.45, 2.75) is 44.3 Å². The molecule has 0 aromatic heterocycles. The van der Waals surface area contributed by atoms with E-state index >= 15 is 0 Å². The fourth-order valence-corrected chi connectivity index (χ4v) is 3.96. The summed E-state index contributed by atoms with van der Waals surface area (Å²) in [6.45, 7) is 2.12. The number of rotatable bonds is 6. The summed E-state index contributed by atoms with van der Waals surface area (Å²) in [7, 11) is 0. The van der Waals surface area contributed by atoms with Gasteiger partial charge in [0.1, 0.15) is 0 Å². The lowest BCUT2D eigenvalue weighted by Gasteiger charge is -2.16. The van der Waals surface area contributed by atoms with Crippen LogP contribution in [0.1, 0.15) is 49.4 Å². The van der Waals surface area contributed by atoms with Crippen LogP contribution < -0.4 is 0 Å². The highest BCUT2D eigenvalue weighted by molar-refractivity contribution is 8.00. The Morgan fingerprint density at radius 2 is 1.94 bits per heavy atom. The Labute approximate surface area is 114 Å². The van der Waals surface area contributed by atoms with Crippen molar-refractivity contribution >= 4 is 17.5 Å². The van der Waals surface area contributed by atoms with Crippen LogP contribution in [0.5, 0.6) is 0 Å². The molecular formula is C16H22OS. The molecule has 1 aromatic carbocycles. The summed E-state index contributed by atoms with van der Waals surface area (Å²) in [6.07, 6.45) is 6.43. The Morgan fingerprint density at radius 1 is 1.28 bits per heavy atom. The molecule has 0 saturated heterocycles. The molecular weight excluding hydrogens is 240 g/mol. The van der Waals surface area contributed by atoms with E-state index in [1.165, 1.54) is 25.7 Å². The number of carbonyl (C=O) groups excluding carboxylic acids is 1. The molecule has 0 amide bonds. The standard InChI is InChI=1S/C16H22OS/c1-2-15(18-12-13-8-6-7-9-13)16(17)14-10-4-3-5-11-14/h3-5,10-11,13,15H,2,6-9,12H2,1H3. The van der Waals surface area contributed by atoms with E-state index < -0.39 is 0 Å². The highest BCUT2D eigenvalue weighted by Gasteiger charge is 2.22. The summed E-state index contributed by atoms with van der Waals surface area (Å²) in [5, 5.41) is 0.146. The van der Waals surface area contributed by atoms with Crippen molar-refractivity contribution in [3.63, 3.8) is 0 Å². The third kappa shape index (κ3) is 3.61. The van der Waals surface area contributed by atoms with Gasteiger partial charge >= 0.3 is 0 Å². The molecule has 2 heteroatoms. The quantitative estimate of drug-likeness (QED) is 0.698. The lowest BCUT2D eigenvalue weighted by atomic mass is 10.1. The summed E-state index contributed by atoms with van der Waals surface area (Å²) >= 11 is 1.87. The number of carbonyl (C=O) groups is 1. The number of thioether (sulfide) groups is 1. The number of Topliss-reactive ketones (excluding diaryl/α,β-unsaturated/α-hetero) is 1. The minimum Gasteiger partial charge on any atom is -0.293 e. The van der Waals surface area contributed by atoms with Crippen LogP contribution in [0.25, 0.3) is 0 Å². The lowest BCUT2D eigenvalue weighted by molar-refractivity contribution is 0.0988. The molecule has 1 aliphatic carbocycles. The summed E-state index contributed by atoms with van der Waals surface area (Å²) < 4.78 is 0. The molecule has 1 fully saturated rings. The molecule has 0 spiro atoms. The molecule has 0 aliphatic heterocycles. The second-order valence-electron chi connectivity index (χ2n) is 5.11. The number of benzene rings is 1. The van der Waals surface area contributed by atoms with Crippen LogP contribution in [0.2, 0.25) is 0 Å². The third-order valence-corrected chi connectivity index (χ3v) is 5.34. The molecule has 18 heavy (non-hydrogen) atoms. The molecule has 1 saturated carbocycles. The predicted molar refractivity (Wildman–Crippen MR) is 79.3 cm³/mol. The van der Waals surface area contributed by atoms with Gasteiger partial charge < -0.3 is 0 Å². The van der Waals surface area contributed by atoms with Gasteiger partial charge in [0.25, 0.3) is 0 Å². The molecule has 0 radical (unpaired) electrons. The van der Waals surface area contributed by atoms with Crippen molar-refractivity contribution in [3.05, 3.63) is 35.9 Å². The first kappa shape index (κ1) is 13.7. The van der Waals surface area contributed by atoms with E-state index in [9.17, 15) is 4.79 Å². The number of hydrogen-bond acceptors (Lipinski definition) is 2. The van der Waals surface area contributed by atoms with Gasteiger partial charge in [-0.3, -0.25) is 4.79 Å². The normalized spacial score (nSPS) is 17.8. The molecule has 1 unspecified atom stereocenters. The van der Waals surface area contributed by atoms with Crippen LogP contribution in [-0.4, -0.2) is 16.8 Å². The SMILES string of the molecule is CCC(SCC1CCCC1)C(=O)c1ccccc1. The zero-order valence-corrected chi connectivity index (χ0v) is 11.9. The summed E-state index contributed by atoms with van der Waals surface area (Å²) in [4.78, 5) is 12.4. The van der Waals surface area contributed by atoms with Crippen LogP contribution in [-0.2, 0) is 0 Å². The average Bonchev–Trinajstić information content (AvgIpc) is 2.93. The van der Waals surface area contributed by atoms with E-state index in [-0.39, 0.29) is 5.25 Å². The second kappa shape index (κ2) is 6.98. The second-order valence-corrected chi connectivity index (χ2v) is 6.35. The summed E-state index contributed by atoms with van der Waals surface area (Å²) in [6, 6.07) is 9.72. The Balaban J connectivity index is 1.89. The molecule has 98 valence electrons. The molecule has 1 nitrogen and oxygen atoms in total. The van der Waals surface area contributed by atoms with Gasteiger partial charge in [-0.2, -0.15) is 0 Å². The zero-order chi connectivity index (χ0) is 12.8. The molecule has 1 aromatic rings. The van der Waals surface area contributed by atoms with E-state index in [1.54, 1.807) is 0 Å². The molecule has 0 N–H and O–H groups in total. The largest absolute Gasteiger partial charge is 0.293 e. The smallest absolute Gasteiger partial charge is 0.175 e. The lowest BCUT2D eigenvalue weighted by Crippen LogP contribution is -2.18. The van der Waals surface area contributed by atoms with Gasteiger partial charge in [-0.1, -0.05) is 50.1 Å². The Kier molecular flexibility index (Phi) is 5.30. The van der Waals surface area contributed by atoms with Crippen LogP contribution >= 0.6 is 11.8 Å². The van der Waals surface area contributed by atoms with E-state index in [2.05, 4.69) is 6.92 Å². The van der Waals surface area contributed by atoms with Crippen LogP contribution in [0.3, 0.4) is 0 Å². The monoisotopic (exact) mass is 262 g/mol. The molecule has 1 aliphatic rings. The number of ketones is 1. The minimum atomic E-state index is 0.146. The molecule has 1 atom stereocenters. The Morgan fingerprint density at radius 3 is 2.56 bits per heavy atom. The van der Waals surface area contributed by atoms with Crippen molar-refractivity contribution in [1.29, 1.82) is 0 Å². The zero-order valence-electron chi connectivity index (χ0n) is 11.1. The molecule has 0 bridgehead atoms. The average molecular weight is 262 g/mol. The maximum absolute atomic E-state index is 12.4. The highest BCUT2D eigenvalue weighted by Crippen LogP contribution is 2.31. The minimum absolute atomic E-state index is 0.146. The first-order chi connectivity index (χ1) is 8.81. The van der Waals surface area contributed by atoms with Crippen molar-refractivity contribution < 1.29 is 4.79 Å². The van der Waals surface area contributed by atoms with E-state index in [0.717, 1.165) is 23.7 Å². The Bertz CT molecular complexity index is 368. The fourth-order valence-electron chi connectivity index (χ4n) is 2.60. The molecule has 0 heterocycles. The van der Waals surface area contributed by atoms with Gasteiger partial charge in [-0.05, 0) is 30.9 Å². The van der Waals surface area contributed by atoms with Crippen molar-refractivity contribution in [2.24, 2.45) is 5.92 Å². The third-order valence-electron chi connectivity index (χ3n) is 3.73. The Hall–Kier alpha value is -0.760. The van der Waals surface area contributed by atoms with Crippen LogP contribution in [0, 0.1) is 5.92 Å².